The van der Waals surface area contributed by atoms with Gasteiger partial charge in [-0.25, -0.2) is 0 Å². The Morgan fingerprint density at radius 1 is 1.12 bits per heavy atom. The topological polar surface area (TPSA) is 32.3 Å². The second-order valence-corrected chi connectivity index (χ2v) is 7.33. The number of amides is 1. The Hall–Kier alpha value is -2.59. The van der Waals surface area contributed by atoms with Gasteiger partial charge in [0.2, 0.25) is 0 Å². The quantitative estimate of drug-likeness (QED) is 0.718. The zero-order valence-electron chi connectivity index (χ0n) is 14.2. The lowest BCUT2D eigenvalue weighted by Gasteiger charge is -2.28. The average molecular weight is 348 g/mol. The number of nitrogens with one attached hydrogen (secondary N) is 1. The number of benzene rings is 2. The Labute approximate surface area is 151 Å². The van der Waals surface area contributed by atoms with Crippen LogP contribution < -0.4 is 10.2 Å². The molecule has 0 atom stereocenters. The standard InChI is InChI=1S/C21H20N2OS/c1-23-12-2-4-15-10-11-18(14-19(15)23)22-21(24)17-8-6-16(7-9-17)20-5-3-13-25-20/h3,5-11,13-14H,2,4,12H2,1H3,(H,22,24). The minimum absolute atomic E-state index is 0.0730. The van der Waals surface area contributed by atoms with Crippen LogP contribution in [0, 0.1) is 0 Å². The van der Waals surface area contributed by atoms with Gasteiger partial charge in [0.05, 0.1) is 0 Å². The minimum Gasteiger partial charge on any atom is -0.374 e. The molecule has 0 saturated heterocycles. The van der Waals surface area contributed by atoms with Crippen LogP contribution in [0.2, 0.25) is 0 Å². The molecule has 2 heterocycles. The fraction of sp³-hybridized carbons (Fsp3) is 0.190. The molecular formula is C21H20N2OS. The van der Waals surface area contributed by atoms with E-state index in [0.29, 0.717) is 5.56 Å². The first-order valence-corrected chi connectivity index (χ1v) is 9.38. The maximum Gasteiger partial charge on any atom is 0.255 e. The molecule has 25 heavy (non-hydrogen) atoms. The Morgan fingerprint density at radius 3 is 2.72 bits per heavy atom. The number of anilines is 2. The van der Waals surface area contributed by atoms with Gasteiger partial charge in [-0.05, 0) is 59.7 Å². The minimum atomic E-state index is -0.0730. The highest BCUT2D eigenvalue weighted by molar-refractivity contribution is 7.13. The molecule has 0 fully saturated rings. The van der Waals surface area contributed by atoms with Crippen molar-refractivity contribution in [2.75, 3.05) is 23.8 Å². The van der Waals surface area contributed by atoms with Gasteiger partial charge < -0.3 is 10.2 Å². The summed E-state index contributed by atoms with van der Waals surface area (Å²) in [6.45, 7) is 1.06. The molecule has 0 unspecified atom stereocenters. The predicted molar refractivity (Wildman–Crippen MR) is 106 cm³/mol. The van der Waals surface area contributed by atoms with E-state index in [1.54, 1.807) is 11.3 Å². The molecule has 126 valence electrons. The van der Waals surface area contributed by atoms with Crippen LogP contribution in [0.25, 0.3) is 10.4 Å². The van der Waals surface area contributed by atoms with Gasteiger partial charge in [-0.2, -0.15) is 0 Å². The van der Waals surface area contributed by atoms with Gasteiger partial charge in [0.25, 0.3) is 5.91 Å². The number of aryl methyl sites for hydroxylation is 1. The van der Waals surface area contributed by atoms with Crippen LogP contribution in [0.4, 0.5) is 11.4 Å². The third-order valence-electron chi connectivity index (χ3n) is 4.65. The maximum atomic E-state index is 12.5. The molecule has 0 saturated carbocycles. The van der Waals surface area contributed by atoms with Gasteiger partial charge in [-0.3, -0.25) is 4.79 Å². The molecule has 0 spiro atoms. The molecule has 4 heteroatoms. The van der Waals surface area contributed by atoms with E-state index in [-0.39, 0.29) is 5.91 Å². The lowest BCUT2D eigenvalue weighted by atomic mass is 10.0. The van der Waals surface area contributed by atoms with Crippen molar-refractivity contribution in [3.63, 3.8) is 0 Å². The van der Waals surface area contributed by atoms with E-state index < -0.39 is 0 Å². The van der Waals surface area contributed by atoms with E-state index in [0.717, 1.165) is 24.2 Å². The molecule has 0 aliphatic carbocycles. The van der Waals surface area contributed by atoms with Crippen LogP contribution in [0.5, 0.6) is 0 Å². The fourth-order valence-electron chi connectivity index (χ4n) is 3.27. The fourth-order valence-corrected chi connectivity index (χ4v) is 4.00. The largest absolute Gasteiger partial charge is 0.374 e. The first-order chi connectivity index (χ1) is 12.2. The summed E-state index contributed by atoms with van der Waals surface area (Å²) in [5.41, 5.74) is 5.23. The Balaban J connectivity index is 1.51. The third kappa shape index (κ3) is 3.30. The van der Waals surface area contributed by atoms with E-state index >= 15 is 0 Å². The summed E-state index contributed by atoms with van der Waals surface area (Å²) in [6.07, 6.45) is 2.30. The lowest BCUT2D eigenvalue weighted by Crippen LogP contribution is -2.24. The highest BCUT2D eigenvalue weighted by Crippen LogP contribution is 2.29. The average Bonchev–Trinajstić information content (AvgIpc) is 3.17. The second-order valence-electron chi connectivity index (χ2n) is 6.38. The van der Waals surface area contributed by atoms with Crippen molar-refractivity contribution in [1.82, 2.24) is 0 Å². The normalized spacial score (nSPS) is 13.4. The van der Waals surface area contributed by atoms with Crippen LogP contribution in [-0.2, 0) is 6.42 Å². The monoisotopic (exact) mass is 348 g/mol. The molecule has 4 rings (SSSR count). The van der Waals surface area contributed by atoms with Crippen molar-refractivity contribution in [2.24, 2.45) is 0 Å². The van der Waals surface area contributed by atoms with Gasteiger partial charge in [0.15, 0.2) is 0 Å². The van der Waals surface area contributed by atoms with Gasteiger partial charge in [0, 0.05) is 35.4 Å². The summed E-state index contributed by atoms with van der Waals surface area (Å²) in [7, 11) is 2.10. The second kappa shape index (κ2) is 6.73. The number of carbonyl (C=O) groups excluding carboxylic acids is 1. The molecular weight excluding hydrogens is 328 g/mol. The molecule has 0 radical (unpaired) electrons. The third-order valence-corrected chi connectivity index (χ3v) is 5.57. The number of thiophene rings is 1. The van der Waals surface area contributed by atoms with Gasteiger partial charge in [0.1, 0.15) is 0 Å². The van der Waals surface area contributed by atoms with Crippen molar-refractivity contribution in [3.8, 4) is 10.4 Å². The van der Waals surface area contributed by atoms with Crippen molar-refractivity contribution in [1.29, 1.82) is 0 Å². The maximum absolute atomic E-state index is 12.5. The van der Waals surface area contributed by atoms with Gasteiger partial charge in [-0.15, -0.1) is 11.3 Å². The first-order valence-electron chi connectivity index (χ1n) is 8.50. The number of fused-ring (bicyclic) bond motifs is 1. The van der Waals surface area contributed by atoms with Crippen LogP contribution in [0.1, 0.15) is 22.3 Å². The van der Waals surface area contributed by atoms with Crippen molar-refractivity contribution >= 4 is 28.6 Å². The Kier molecular flexibility index (Phi) is 4.28. The first kappa shape index (κ1) is 15.9. The van der Waals surface area contributed by atoms with E-state index in [1.807, 2.05) is 36.4 Å². The molecule has 1 aliphatic rings. The smallest absolute Gasteiger partial charge is 0.255 e. The van der Waals surface area contributed by atoms with Crippen LogP contribution in [-0.4, -0.2) is 19.5 Å². The molecule has 2 aromatic carbocycles. The Bertz CT molecular complexity index is 885. The van der Waals surface area contributed by atoms with Crippen LogP contribution in [0.3, 0.4) is 0 Å². The van der Waals surface area contributed by atoms with E-state index in [4.69, 9.17) is 0 Å². The molecule has 3 nitrogen and oxygen atoms in total. The van der Waals surface area contributed by atoms with Crippen LogP contribution >= 0.6 is 11.3 Å². The summed E-state index contributed by atoms with van der Waals surface area (Å²) >= 11 is 1.70. The molecule has 1 amide bonds. The molecule has 0 bridgehead atoms. The highest BCUT2D eigenvalue weighted by atomic mass is 32.1. The number of carbonyl (C=O) groups is 1. The predicted octanol–water partition coefficient (Wildman–Crippen LogP) is 5.05. The van der Waals surface area contributed by atoms with E-state index in [2.05, 4.69) is 40.8 Å². The van der Waals surface area contributed by atoms with Crippen molar-refractivity contribution in [2.45, 2.75) is 12.8 Å². The zero-order valence-corrected chi connectivity index (χ0v) is 15.0. The number of hydrogen-bond acceptors (Lipinski definition) is 3. The van der Waals surface area contributed by atoms with E-state index in [9.17, 15) is 4.79 Å². The van der Waals surface area contributed by atoms with Gasteiger partial charge >= 0.3 is 0 Å². The summed E-state index contributed by atoms with van der Waals surface area (Å²) in [5, 5.41) is 5.08. The summed E-state index contributed by atoms with van der Waals surface area (Å²) in [4.78, 5) is 16.0. The van der Waals surface area contributed by atoms with Crippen molar-refractivity contribution < 1.29 is 4.79 Å². The van der Waals surface area contributed by atoms with Gasteiger partial charge in [-0.1, -0.05) is 24.3 Å². The number of rotatable bonds is 3. The molecule has 3 aromatic rings. The van der Waals surface area contributed by atoms with Crippen LogP contribution in [0.15, 0.2) is 60.0 Å². The summed E-state index contributed by atoms with van der Waals surface area (Å²) in [5.74, 6) is -0.0730. The molecule has 1 N–H and O–H groups in total. The molecule has 1 aromatic heterocycles. The highest BCUT2D eigenvalue weighted by Gasteiger charge is 2.15. The zero-order chi connectivity index (χ0) is 17.2. The van der Waals surface area contributed by atoms with E-state index in [1.165, 1.54) is 22.5 Å². The lowest BCUT2D eigenvalue weighted by molar-refractivity contribution is 0.102. The Morgan fingerprint density at radius 2 is 1.96 bits per heavy atom. The number of hydrogen-bond donors (Lipinski definition) is 1. The summed E-state index contributed by atoms with van der Waals surface area (Å²) in [6, 6.07) is 18.1. The number of nitrogens with zero attached hydrogens (tertiary/aromatic N) is 1. The molecule has 1 aliphatic heterocycles. The SMILES string of the molecule is CN1CCCc2ccc(NC(=O)c3ccc(-c4cccs4)cc3)cc21. The summed E-state index contributed by atoms with van der Waals surface area (Å²) < 4.78 is 0. The van der Waals surface area contributed by atoms with Crippen molar-refractivity contribution in [3.05, 3.63) is 71.1 Å².